The second-order valence-electron chi connectivity index (χ2n) is 3.77. The number of hydrogen-bond acceptors (Lipinski definition) is 2. The maximum atomic E-state index is 10.5. The molecule has 2 fully saturated rings. The Kier molecular flexibility index (Phi) is 1.72. The number of rotatable bonds is 2. The topological polar surface area (TPSA) is 26.3 Å². The van der Waals surface area contributed by atoms with Crippen molar-refractivity contribution in [2.75, 3.05) is 0 Å². The van der Waals surface area contributed by atoms with Crippen molar-refractivity contribution in [2.24, 2.45) is 11.8 Å². The van der Waals surface area contributed by atoms with Gasteiger partial charge >= 0.3 is 0 Å². The molecule has 0 saturated carbocycles. The summed E-state index contributed by atoms with van der Waals surface area (Å²) in [7, 11) is 0. The van der Waals surface area contributed by atoms with Crippen LogP contribution in [0.4, 0.5) is 0 Å². The summed E-state index contributed by atoms with van der Waals surface area (Å²) in [5, 5.41) is 0. The molecule has 2 nitrogen and oxygen atoms in total. The van der Waals surface area contributed by atoms with E-state index in [0.29, 0.717) is 18.1 Å². The first kappa shape index (κ1) is 7.29. The highest BCUT2D eigenvalue weighted by Crippen LogP contribution is 2.41. The minimum absolute atomic E-state index is 0.199. The zero-order chi connectivity index (χ0) is 7.84. The van der Waals surface area contributed by atoms with Crippen molar-refractivity contribution in [3.05, 3.63) is 0 Å². The van der Waals surface area contributed by atoms with E-state index in [9.17, 15) is 4.79 Å². The molecule has 0 amide bonds. The molecule has 2 aliphatic rings. The molecule has 2 heterocycles. The van der Waals surface area contributed by atoms with Crippen LogP contribution in [-0.4, -0.2) is 18.5 Å². The monoisotopic (exact) mass is 154 g/mol. The van der Waals surface area contributed by atoms with Gasteiger partial charge in [0, 0.05) is 5.92 Å². The number of carbonyl (C=O) groups excluding carboxylic acids is 1. The third kappa shape index (κ3) is 1.09. The standard InChI is InChI=1S/C9H14O2/c1-6(5-10)8-4-7-2-3-9(8)11-7/h5-9H,2-4H2,1H3. The quantitative estimate of drug-likeness (QED) is 0.562. The number of hydrogen-bond donors (Lipinski definition) is 0. The molecule has 0 aliphatic carbocycles. The van der Waals surface area contributed by atoms with Crippen molar-refractivity contribution in [3.63, 3.8) is 0 Å². The molecule has 62 valence electrons. The van der Waals surface area contributed by atoms with E-state index in [0.717, 1.165) is 12.7 Å². The van der Waals surface area contributed by atoms with E-state index in [1.54, 1.807) is 0 Å². The van der Waals surface area contributed by atoms with E-state index < -0.39 is 0 Å². The summed E-state index contributed by atoms with van der Waals surface area (Å²) in [6.07, 6.45) is 5.45. The predicted octanol–water partition coefficient (Wildman–Crippen LogP) is 1.39. The van der Waals surface area contributed by atoms with Crippen LogP contribution < -0.4 is 0 Å². The van der Waals surface area contributed by atoms with Gasteiger partial charge < -0.3 is 9.53 Å². The van der Waals surface area contributed by atoms with Crippen LogP contribution in [0.15, 0.2) is 0 Å². The van der Waals surface area contributed by atoms with Gasteiger partial charge in [0.2, 0.25) is 0 Å². The second kappa shape index (κ2) is 2.59. The lowest BCUT2D eigenvalue weighted by molar-refractivity contribution is -0.112. The molecule has 0 radical (unpaired) electrons. The summed E-state index contributed by atoms with van der Waals surface area (Å²) < 4.78 is 5.65. The van der Waals surface area contributed by atoms with Gasteiger partial charge in [0.05, 0.1) is 12.2 Å². The number of ether oxygens (including phenoxy) is 1. The summed E-state index contributed by atoms with van der Waals surface area (Å²) in [6.45, 7) is 2.00. The van der Waals surface area contributed by atoms with Gasteiger partial charge in [-0.2, -0.15) is 0 Å². The van der Waals surface area contributed by atoms with Crippen LogP contribution in [0.2, 0.25) is 0 Å². The van der Waals surface area contributed by atoms with Gasteiger partial charge in [-0.3, -0.25) is 0 Å². The fourth-order valence-corrected chi connectivity index (χ4v) is 2.33. The van der Waals surface area contributed by atoms with Gasteiger partial charge in [0.15, 0.2) is 0 Å². The highest BCUT2D eigenvalue weighted by Gasteiger charge is 2.42. The van der Waals surface area contributed by atoms with E-state index in [4.69, 9.17) is 4.74 Å². The van der Waals surface area contributed by atoms with Crippen LogP contribution in [-0.2, 0) is 9.53 Å². The minimum Gasteiger partial charge on any atom is -0.375 e. The molecule has 2 aliphatic heterocycles. The third-order valence-electron chi connectivity index (χ3n) is 3.04. The molecule has 11 heavy (non-hydrogen) atoms. The van der Waals surface area contributed by atoms with Crippen LogP contribution in [0.3, 0.4) is 0 Å². The van der Waals surface area contributed by atoms with E-state index in [-0.39, 0.29) is 5.92 Å². The first-order chi connectivity index (χ1) is 5.31. The van der Waals surface area contributed by atoms with Crippen molar-refractivity contribution in [3.8, 4) is 0 Å². The van der Waals surface area contributed by atoms with Gasteiger partial charge in [0.25, 0.3) is 0 Å². The van der Waals surface area contributed by atoms with Crippen molar-refractivity contribution < 1.29 is 9.53 Å². The first-order valence-corrected chi connectivity index (χ1v) is 4.42. The highest BCUT2D eigenvalue weighted by atomic mass is 16.5. The predicted molar refractivity (Wildman–Crippen MR) is 41.2 cm³/mol. The van der Waals surface area contributed by atoms with Gasteiger partial charge in [0.1, 0.15) is 6.29 Å². The molecule has 4 atom stereocenters. The Labute approximate surface area is 66.9 Å². The molecule has 2 bridgehead atoms. The van der Waals surface area contributed by atoms with E-state index in [1.165, 1.54) is 12.8 Å². The van der Waals surface area contributed by atoms with E-state index in [2.05, 4.69) is 0 Å². The lowest BCUT2D eigenvalue weighted by Gasteiger charge is -2.20. The molecule has 4 unspecified atom stereocenters. The highest BCUT2D eigenvalue weighted by molar-refractivity contribution is 5.53. The largest absolute Gasteiger partial charge is 0.375 e. The summed E-state index contributed by atoms with van der Waals surface area (Å²) in [5.74, 6) is 0.719. The van der Waals surface area contributed by atoms with Crippen LogP contribution in [0.25, 0.3) is 0 Å². The number of carbonyl (C=O) groups is 1. The Morgan fingerprint density at radius 3 is 2.82 bits per heavy atom. The minimum atomic E-state index is 0.199. The zero-order valence-corrected chi connectivity index (χ0v) is 6.82. The Hall–Kier alpha value is -0.370. The normalized spacial score (nSPS) is 44.3. The molecular weight excluding hydrogens is 140 g/mol. The Balaban J connectivity index is 2.01. The van der Waals surface area contributed by atoms with Crippen LogP contribution >= 0.6 is 0 Å². The lowest BCUT2D eigenvalue weighted by Crippen LogP contribution is -2.23. The van der Waals surface area contributed by atoms with E-state index >= 15 is 0 Å². The van der Waals surface area contributed by atoms with Crippen molar-refractivity contribution in [1.29, 1.82) is 0 Å². The maximum Gasteiger partial charge on any atom is 0.123 e. The SMILES string of the molecule is CC(C=O)C1CC2CCC1O2. The van der Waals surface area contributed by atoms with Gasteiger partial charge in [-0.15, -0.1) is 0 Å². The van der Waals surface area contributed by atoms with Crippen molar-refractivity contribution in [1.82, 2.24) is 0 Å². The molecule has 0 aromatic rings. The van der Waals surface area contributed by atoms with Crippen LogP contribution in [0, 0.1) is 11.8 Å². The lowest BCUT2D eigenvalue weighted by atomic mass is 9.81. The zero-order valence-electron chi connectivity index (χ0n) is 6.82. The Bertz CT molecular complexity index is 167. The molecule has 0 aromatic carbocycles. The molecule has 2 heteroatoms. The Morgan fingerprint density at radius 2 is 2.36 bits per heavy atom. The van der Waals surface area contributed by atoms with Crippen LogP contribution in [0.5, 0.6) is 0 Å². The molecule has 2 saturated heterocycles. The first-order valence-electron chi connectivity index (χ1n) is 4.42. The number of fused-ring (bicyclic) bond motifs is 2. The summed E-state index contributed by atoms with van der Waals surface area (Å²) in [5.41, 5.74) is 0. The van der Waals surface area contributed by atoms with Gasteiger partial charge in [-0.1, -0.05) is 6.92 Å². The summed E-state index contributed by atoms with van der Waals surface area (Å²) in [6, 6.07) is 0. The molecular formula is C9H14O2. The fourth-order valence-electron chi connectivity index (χ4n) is 2.33. The molecule has 0 spiro atoms. The van der Waals surface area contributed by atoms with Gasteiger partial charge in [-0.25, -0.2) is 0 Å². The average molecular weight is 154 g/mol. The molecule has 0 aromatic heterocycles. The fraction of sp³-hybridized carbons (Fsp3) is 0.889. The maximum absolute atomic E-state index is 10.5. The summed E-state index contributed by atoms with van der Waals surface area (Å²) >= 11 is 0. The molecule has 2 rings (SSSR count). The van der Waals surface area contributed by atoms with Crippen molar-refractivity contribution >= 4 is 6.29 Å². The summed E-state index contributed by atoms with van der Waals surface area (Å²) in [4.78, 5) is 10.5. The molecule has 0 N–H and O–H groups in total. The second-order valence-corrected chi connectivity index (χ2v) is 3.77. The number of aldehydes is 1. The van der Waals surface area contributed by atoms with Crippen molar-refractivity contribution in [2.45, 2.75) is 38.4 Å². The van der Waals surface area contributed by atoms with Crippen LogP contribution in [0.1, 0.15) is 26.2 Å². The smallest absolute Gasteiger partial charge is 0.123 e. The third-order valence-corrected chi connectivity index (χ3v) is 3.04. The van der Waals surface area contributed by atoms with E-state index in [1.807, 2.05) is 6.92 Å². The van der Waals surface area contributed by atoms with Gasteiger partial charge in [-0.05, 0) is 25.2 Å². The Morgan fingerprint density at radius 1 is 1.55 bits per heavy atom. The average Bonchev–Trinajstić information content (AvgIpc) is 2.62.